The summed E-state index contributed by atoms with van der Waals surface area (Å²) >= 11 is 0. The molecule has 0 heterocycles. The molecule has 0 aliphatic rings. The van der Waals surface area contributed by atoms with Crippen molar-refractivity contribution in [2.75, 3.05) is 6.54 Å². The van der Waals surface area contributed by atoms with Crippen LogP contribution in [-0.2, 0) is 5.67 Å². The highest BCUT2D eigenvalue weighted by Gasteiger charge is 2.30. The van der Waals surface area contributed by atoms with Crippen LogP contribution in [0.2, 0.25) is 0 Å². The van der Waals surface area contributed by atoms with Crippen LogP contribution in [0, 0.1) is 11.6 Å². The van der Waals surface area contributed by atoms with E-state index in [1.165, 1.54) is 6.07 Å². The summed E-state index contributed by atoms with van der Waals surface area (Å²) in [6.45, 7) is 1.58. The third kappa shape index (κ3) is 2.50. The normalized spacial score (nSPS) is 15.0. The molecule has 0 aromatic heterocycles. The van der Waals surface area contributed by atoms with Crippen LogP contribution in [0.25, 0.3) is 0 Å². The van der Waals surface area contributed by atoms with E-state index in [0.29, 0.717) is 6.42 Å². The molecule has 1 unspecified atom stereocenters. The molecule has 2 N–H and O–H groups in total. The van der Waals surface area contributed by atoms with Crippen molar-refractivity contribution in [3.05, 3.63) is 35.4 Å². The standard InChI is InChI=1S/C11H14F3N/c1-2-5-11(14,7-15)8-3-4-9(12)10(13)6-8/h3-4,6H,2,5,7,15H2,1H3. The van der Waals surface area contributed by atoms with E-state index < -0.39 is 17.3 Å². The van der Waals surface area contributed by atoms with Crippen LogP contribution in [0.4, 0.5) is 13.2 Å². The SMILES string of the molecule is CCCC(F)(CN)c1ccc(F)c(F)c1. The third-order valence-corrected chi connectivity index (χ3v) is 2.41. The Morgan fingerprint density at radius 1 is 1.27 bits per heavy atom. The van der Waals surface area contributed by atoms with Gasteiger partial charge in [-0.25, -0.2) is 13.2 Å². The summed E-state index contributed by atoms with van der Waals surface area (Å²) < 4.78 is 39.7. The van der Waals surface area contributed by atoms with Crippen LogP contribution in [0.1, 0.15) is 25.3 Å². The molecule has 0 amide bonds. The highest BCUT2D eigenvalue weighted by Crippen LogP contribution is 2.30. The number of rotatable bonds is 4. The average molecular weight is 217 g/mol. The molecule has 0 radical (unpaired) electrons. The van der Waals surface area contributed by atoms with Gasteiger partial charge in [0, 0.05) is 6.54 Å². The molecule has 15 heavy (non-hydrogen) atoms. The second-order valence-electron chi connectivity index (χ2n) is 3.55. The molecule has 1 nitrogen and oxygen atoms in total. The highest BCUT2D eigenvalue weighted by molar-refractivity contribution is 5.24. The minimum atomic E-state index is -1.76. The molecule has 4 heteroatoms. The minimum Gasteiger partial charge on any atom is -0.327 e. The lowest BCUT2D eigenvalue weighted by Crippen LogP contribution is -2.30. The van der Waals surface area contributed by atoms with Gasteiger partial charge in [0.05, 0.1) is 0 Å². The predicted octanol–water partition coefficient (Wildman–Crippen LogP) is 2.89. The summed E-state index contributed by atoms with van der Waals surface area (Å²) in [5, 5.41) is 0. The van der Waals surface area contributed by atoms with E-state index in [0.717, 1.165) is 12.1 Å². The lowest BCUT2D eigenvalue weighted by atomic mass is 9.91. The van der Waals surface area contributed by atoms with Gasteiger partial charge < -0.3 is 5.73 Å². The van der Waals surface area contributed by atoms with Gasteiger partial charge in [0.15, 0.2) is 11.6 Å². The molecule has 0 bridgehead atoms. The molecule has 0 aliphatic carbocycles. The van der Waals surface area contributed by atoms with Crippen molar-refractivity contribution < 1.29 is 13.2 Å². The van der Waals surface area contributed by atoms with Crippen molar-refractivity contribution in [1.82, 2.24) is 0 Å². The van der Waals surface area contributed by atoms with Crippen molar-refractivity contribution >= 4 is 0 Å². The molecule has 0 saturated carbocycles. The van der Waals surface area contributed by atoms with E-state index in [2.05, 4.69) is 0 Å². The Hall–Kier alpha value is -1.03. The molecule has 1 aromatic carbocycles. The molecule has 84 valence electrons. The lowest BCUT2D eigenvalue weighted by Gasteiger charge is -2.23. The van der Waals surface area contributed by atoms with Crippen molar-refractivity contribution in [1.29, 1.82) is 0 Å². The minimum absolute atomic E-state index is 0.103. The van der Waals surface area contributed by atoms with Crippen molar-refractivity contribution in [2.45, 2.75) is 25.4 Å². The Bertz CT molecular complexity index is 341. The molecular formula is C11H14F3N. The second-order valence-corrected chi connectivity index (χ2v) is 3.55. The number of nitrogens with two attached hydrogens (primary N) is 1. The predicted molar refractivity (Wildman–Crippen MR) is 53.1 cm³/mol. The summed E-state index contributed by atoms with van der Waals surface area (Å²) in [5.41, 5.74) is 3.66. The maximum Gasteiger partial charge on any atom is 0.159 e. The summed E-state index contributed by atoms with van der Waals surface area (Å²) in [4.78, 5) is 0. The fourth-order valence-corrected chi connectivity index (χ4v) is 1.54. The van der Waals surface area contributed by atoms with Crippen LogP contribution in [-0.4, -0.2) is 6.54 Å². The van der Waals surface area contributed by atoms with Crippen LogP contribution in [0.5, 0.6) is 0 Å². The Labute approximate surface area is 87.1 Å². The summed E-state index contributed by atoms with van der Waals surface area (Å²) in [6.07, 6.45) is 0.793. The van der Waals surface area contributed by atoms with E-state index >= 15 is 0 Å². The summed E-state index contributed by atoms with van der Waals surface area (Å²) in [6, 6.07) is 3.03. The van der Waals surface area contributed by atoms with E-state index in [-0.39, 0.29) is 18.5 Å². The van der Waals surface area contributed by atoms with Crippen LogP contribution in [0.3, 0.4) is 0 Å². The zero-order valence-corrected chi connectivity index (χ0v) is 8.56. The Morgan fingerprint density at radius 3 is 2.40 bits per heavy atom. The van der Waals surface area contributed by atoms with Crippen LogP contribution < -0.4 is 5.73 Å². The number of alkyl halides is 1. The molecule has 1 rings (SSSR count). The molecule has 0 fully saturated rings. The first-order valence-corrected chi connectivity index (χ1v) is 4.88. The maximum absolute atomic E-state index is 14.2. The van der Waals surface area contributed by atoms with Crippen LogP contribution in [0.15, 0.2) is 18.2 Å². The van der Waals surface area contributed by atoms with Crippen molar-refractivity contribution in [3.8, 4) is 0 Å². The van der Waals surface area contributed by atoms with E-state index in [4.69, 9.17) is 5.73 Å². The molecule has 1 aromatic rings. The van der Waals surface area contributed by atoms with Crippen LogP contribution >= 0.6 is 0 Å². The second kappa shape index (κ2) is 4.66. The molecule has 1 atom stereocenters. The van der Waals surface area contributed by atoms with E-state index in [9.17, 15) is 13.2 Å². The van der Waals surface area contributed by atoms with Crippen molar-refractivity contribution in [2.24, 2.45) is 5.73 Å². The third-order valence-electron chi connectivity index (χ3n) is 2.41. The number of hydrogen-bond donors (Lipinski definition) is 1. The number of halogens is 3. The zero-order chi connectivity index (χ0) is 11.5. The first-order chi connectivity index (χ1) is 7.03. The Kier molecular flexibility index (Phi) is 3.74. The van der Waals surface area contributed by atoms with Gasteiger partial charge in [-0.2, -0.15) is 0 Å². The largest absolute Gasteiger partial charge is 0.327 e. The van der Waals surface area contributed by atoms with E-state index in [1.54, 1.807) is 0 Å². The monoisotopic (exact) mass is 217 g/mol. The zero-order valence-electron chi connectivity index (χ0n) is 8.56. The summed E-state index contributed by atoms with van der Waals surface area (Å²) in [5.74, 6) is -2.02. The van der Waals surface area contributed by atoms with Gasteiger partial charge in [0.25, 0.3) is 0 Å². The molecule has 0 aliphatic heterocycles. The highest BCUT2D eigenvalue weighted by atomic mass is 19.2. The van der Waals surface area contributed by atoms with Gasteiger partial charge >= 0.3 is 0 Å². The smallest absolute Gasteiger partial charge is 0.159 e. The quantitative estimate of drug-likeness (QED) is 0.824. The fourth-order valence-electron chi connectivity index (χ4n) is 1.54. The molecular weight excluding hydrogens is 203 g/mol. The van der Waals surface area contributed by atoms with Gasteiger partial charge in [-0.15, -0.1) is 0 Å². The van der Waals surface area contributed by atoms with Crippen molar-refractivity contribution in [3.63, 3.8) is 0 Å². The van der Waals surface area contributed by atoms with Gasteiger partial charge in [-0.05, 0) is 24.1 Å². The van der Waals surface area contributed by atoms with E-state index in [1.807, 2.05) is 6.92 Å². The molecule has 0 spiro atoms. The topological polar surface area (TPSA) is 26.0 Å². The van der Waals surface area contributed by atoms with Gasteiger partial charge in [0.2, 0.25) is 0 Å². The van der Waals surface area contributed by atoms with Gasteiger partial charge in [0.1, 0.15) is 5.67 Å². The Morgan fingerprint density at radius 2 is 1.93 bits per heavy atom. The number of benzene rings is 1. The first-order valence-electron chi connectivity index (χ1n) is 4.88. The Balaban J connectivity index is 3.07. The maximum atomic E-state index is 14.2. The molecule has 0 saturated heterocycles. The average Bonchev–Trinajstić information content (AvgIpc) is 2.22. The first kappa shape index (κ1) is 12.0. The van der Waals surface area contributed by atoms with Gasteiger partial charge in [-0.1, -0.05) is 19.4 Å². The van der Waals surface area contributed by atoms with Gasteiger partial charge in [-0.3, -0.25) is 0 Å². The summed E-state index contributed by atoms with van der Waals surface area (Å²) in [7, 11) is 0. The lowest BCUT2D eigenvalue weighted by molar-refractivity contribution is 0.158. The number of hydrogen-bond acceptors (Lipinski definition) is 1. The fraction of sp³-hybridized carbons (Fsp3) is 0.455.